The molecule has 4 amide bonds. The van der Waals surface area contributed by atoms with Crippen molar-refractivity contribution >= 4 is 24.1 Å². The van der Waals surface area contributed by atoms with Gasteiger partial charge in [-0.1, -0.05) is 36.4 Å². The van der Waals surface area contributed by atoms with E-state index < -0.39 is 11.6 Å². The maximum Gasteiger partial charge on any atom is 0.313 e. The average Bonchev–Trinajstić information content (AvgIpc) is 3.18. The number of ether oxygens (including phenoxy) is 1. The number of primary amides is 1. The third-order valence-electron chi connectivity index (χ3n) is 7.07. The Hall–Kier alpha value is -3.88. The topological polar surface area (TPSA) is 122 Å². The van der Waals surface area contributed by atoms with E-state index in [0.29, 0.717) is 36.6 Å². The van der Waals surface area contributed by atoms with Crippen LogP contribution in [0.1, 0.15) is 40.7 Å². The lowest BCUT2D eigenvalue weighted by atomic mass is 9.89. The van der Waals surface area contributed by atoms with Gasteiger partial charge in [-0.2, -0.15) is 0 Å². The molecule has 2 aromatic rings. The predicted octanol–water partition coefficient (Wildman–Crippen LogP) is 2.13. The number of nitrogens with one attached hydrogen (secondary N) is 1. The highest BCUT2D eigenvalue weighted by Crippen LogP contribution is 2.29. The SMILES string of the molecule is COc1ccc2c(c1)C(=O)N(CC(C=O)(CC(=O)N1CCC(Cc3ccccc3)CC1)NC(N)=O)C2. The molecule has 36 heavy (non-hydrogen) atoms. The number of carbonyl (C=O) groups excluding carboxylic acids is 4. The van der Waals surface area contributed by atoms with Crippen molar-refractivity contribution in [1.82, 2.24) is 15.1 Å². The van der Waals surface area contributed by atoms with Crippen molar-refractivity contribution in [3.63, 3.8) is 0 Å². The third kappa shape index (κ3) is 5.67. The summed E-state index contributed by atoms with van der Waals surface area (Å²) in [5, 5.41) is 2.46. The molecule has 3 N–H and O–H groups in total. The molecule has 2 aliphatic heterocycles. The van der Waals surface area contributed by atoms with Crippen molar-refractivity contribution in [2.45, 2.75) is 37.8 Å². The minimum absolute atomic E-state index is 0.161. The summed E-state index contributed by atoms with van der Waals surface area (Å²) in [5.74, 6) is 0.482. The van der Waals surface area contributed by atoms with Gasteiger partial charge in [0.1, 0.15) is 17.6 Å². The highest BCUT2D eigenvalue weighted by Gasteiger charge is 2.41. The molecule has 4 rings (SSSR count). The summed E-state index contributed by atoms with van der Waals surface area (Å²) in [5.41, 5.74) is 6.29. The lowest BCUT2D eigenvalue weighted by Gasteiger charge is -2.36. The van der Waals surface area contributed by atoms with E-state index in [9.17, 15) is 19.2 Å². The number of likely N-dealkylation sites (tertiary alicyclic amines) is 1. The van der Waals surface area contributed by atoms with Crippen LogP contribution >= 0.6 is 0 Å². The molecule has 2 heterocycles. The fourth-order valence-corrected chi connectivity index (χ4v) is 5.14. The largest absolute Gasteiger partial charge is 0.497 e. The number of aldehydes is 1. The number of methoxy groups -OCH3 is 1. The molecule has 1 unspecified atom stereocenters. The number of benzene rings is 2. The fourth-order valence-electron chi connectivity index (χ4n) is 5.14. The number of amides is 4. The van der Waals surface area contributed by atoms with Gasteiger partial charge in [0.05, 0.1) is 20.1 Å². The Balaban J connectivity index is 1.41. The van der Waals surface area contributed by atoms with E-state index in [1.165, 1.54) is 17.6 Å². The number of urea groups is 1. The van der Waals surface area contributed by atoms with Crippen LogP contribution in [0.25, 0.3) is 0 Å². The summed E-state index contributed by atoms with van der Waals surface area (Å²) in [4.78, 5) is 53.6. The number of piperidine rings is 1. The Labute approximate surface area is 210 Å². The van der Waals surface area contributed by atoms with Crippen LogP contribution < -0.4 is 15.8 Å². The Morgan fingerprint density at radius 1 is 1.17 bits per heavy atom. The van der Waals surface area contributed by atoms with Crippen molar-refractivity contribution in [3.8, 4) is 5.75 Å². The van der Waals surface area contributed by atoms with Crippen LogP contribution in [0.2, 0.25) is 0 Å². The van der Waals surface area contributed by atoms with E-state index in [0.717, 1.165) is 24.8 Å². The Bertz CT molecular complexity index is 1130. The summed E-state index contributed by atoms with van der Waals surface area (Å²) in [6, 6.07) is 14.5. The van der Waals surface area contributed by atoms with Crippen LogP contribution in [0.3, 0.4) is 0 Å². The molecule has 1 saturated heterocycles. The maximum atomic E-state index is 13.2. The van der Waals surface area contributed by atoms with Crippen LogP contribution in [0, 0.1) is 5.92 Å². The fraction of sp³-hybridized carbons (Fsp3) is 0.407. The molecule has 0 spiro atoms. The lowest BCUT2D eigenvalue weighted by Crippen LogP contribution is -2.60. The predicted molar refractivity (Wildman–Crippen MR) is 133 cm³/mol. The van der Waals surface area contributed by atoms with Gasteiger partial charge in [-0.15, -0.1) is 0 Å². The number of nitrogens with zero attached hydrogens (tertiary/aromatic N) is 2. The number of hydrogen-bond donors (Lipinski definition) is 2. The zero-order valence-corrected chi connectivity index (χ0v) is 20.4. The van der Waals surface area contributed by atoms with Crippen molar-refractivity contribution in [2.24, 2.45) is 11.7 Å². The zero-order chi connectivity index (χ0) is 25.7. The number of hydrogen-bond acceptors (Lipinski definition) is 5. The minimum Gasteiger partial charge on any atom is -0.497 e. The van der Waals surface area contributed by atoms with Crippen LogP contribution in [0.4, 0.5) is 4.79 Å². The molecular formula is C27H32N4O5. The summed E-state index contributed by atoms with van der Waals surface area (Å²) in [6.07, 6.45) is 2.94. The van der Waals surface area contributed by atoms with E-state index in [4.69, 9.17) is 10.5 Å². The highest BCUT2D eigenvalue weighted by molar-refractivity contribution is 5.99. The molecule has 0 saturated carbocycles. The standard InChI is InChI=1S/C27H32N4O5/c1-36-22-8-7-21-16-31(25(34)23(21)14-22)17-27(18-32,29-26(28)35)15-24(33)30-11-9-20(10-12-30)13-19-5-3-2-4-6-19/h2-8,14,18,20H,9-13,15-17H2,1H3,(H3,28,29,35). The van der Waals surface area contributed by atoms with Crippen LogP contribution in [0.15, 0.2) is 48.5 Å². The van der Waals surface area contributed by atoms with Crippen LogP contribution in [-0.2, 0) is 22.6 Å². The second-order valence-electron chi connectivity index (χ2n) is 9.64. The molecule has 1 fully saturated rings. The molecule has 2 aliphatic rings. The smallest absolute Gasteiger partial charge is 0.313 e. The van der Waals surface area contributed by atoms with E-state index in [2.05, 4.69) is 17.4 Å². The van der Waals surface area contributed by atoms with Gasteiger partial charge in [0, 0.05) is 25.2 Å². The second-order valence-corrected chi connectivity index (χ2v) is 9.64. The molecule has 0 radical (unpaired) electrons. The first-order valence-electron chi connectivity index (χ1n) is 12.1. The van der Waals surface area contributed by atoms with Gasteiger partial charge >= 0.3 is 6.03 Å². The van der Waals surface area contributed by atoms with Gasteiger partial charge in [0.25, 0.3) is 5.91 Å². The van der Waals surface area contributed by atoms with Crippen molar-refractivity contribution in [3.05, 3.63) is 65.2 Å². The Morgan fingerprint density at radius 2 is 1.89 bits per heavy atom. The lowest BCUT2D eigenvalue weighted by molar-refractivity contribution is -0.136. The van der Waals surface area contributed by atoms with Crippen molar-refractivity contribution in [2.75, 3.05) is 26.7 Å². The summed E-state index contributed by atoms with van der Waals surface area (Å²) in [6.45, 7) is 1.25. The van der Waals surface area contributed by atoms with E-state index in [1.807, 2.05) is 18.2 Å². The van der Waals surface area contributed by atoms with E-state index in [1.54, 1.807) is 23.1 Å². The molecule has 0 bridgehead atoms. The molecule has 9 nitrogen and oxygen atoms in total. The van der Waals surface area contributed by atoms with Gasteiger partial charge in [0.15, 0.2) is 0 Å². The summed E-state index contributed by atoms with van der Waals surface area (Å²) >= 11 is 0. The monoisotopic (exact) mass is 492 g/mol. The normalized spacial score (nSPS) is 17.3. The average molecular weight is 493 g/mol. The highest BCUT2D eigenvalue weighted by atomic mass is 16.5. The zero-order valence-electron chi connectivity index (χ0n) is 20.4. The quantitative estimate of drug-likeness (QED) is 0.520. The Morgan fingerprint density at radius 3 is 2.53 bits per heavy atom. The number of carbonyl (C=O) groups is 4. The van der Waals surface area contributed by atoms with Crippen LogP contribution in [0.5, 0.6) is 5.75 Å². The maximum absolute atomic E-state index is 13.2. The van der Waals surface area contributed by atoms with Gasteiger partial charge in [-0.25, -0.2) is 4.79 Å². The molecule has 190 valence electrons. The molecular weight excluding hydrogens is 460 g/mol. The van der Waals surface area contributed by atoms with Gasteiger partial charge in [-0.05, 0) is 48.4 Å². The first-order valence-corrected chi connectivity index (χ1v) is 12.1. The first kappa shape index (κ1) is 25.2. The molecule has 0 aliphatic carbocycles. The number of fused-ring (bicyclic) bond motifs is 1. The third-order valence-corrected chi connectivity index (χ3v) is 7.07. The van der Waals surface area contributed by atoms with E-state index >= 15 is 0 Å². The van der Waals surface area contributed by atoms with Crippen molar-refractivity contribution in [1.29, 1.82) is 0 Å². The summed E-state index contributed by atoms with van der Waals surface area (Å²) < 4.78 is 5.21. The van der Waals surface area contributed by atoms with E-state index in [-0.39, 0.29) is 31.3 Å². The Kier molecular flexibility index (Phi) is 7.57. The molecule has 2 aromatic carbocycles. The first-order chi connectivity index (χ1) is 17.3. The number of rotatable bonds is 9. The number of nitrogens with two attached hydrogens (primary N) is 1. The van der Waals surface area contributed by atoms with Crippen LogP contribution in [-0.4, -0.2) is 66.2 Å². The van der Waals surface area contributed by atoms with Gasteiger partial charge < -0.3 is 30.4 Å². The van der Waals surface area contributed by atoms with Gasteiger partial charge in [-0.3, -0.25) is 9.59 Å². The van der Waals surface area contributed by atoms with Gasteiger partial charge in [0.2, 0.25) is 5.91 Å². The molecule has 1 atom stereocenters. The van der Waals surface area contributed by atoms with Crippen molar-refractivity contribution < 1.29 is 23.9 Å². The molecule has 9 heteroatoms. The minimum atomic E-state index is -1.62. The molecule has 0 aromatic heterocycles. The summed E-state index contributed by atoms with van der Waals surface area (Å²) in [7, 11) is 1.52. The second kappa shape index (κ2) is 10.8.